The summed E-state index contributed by atoms with van der Waals surface area (Å²) in [6.07, 6.45) is -3.06. The number of rotatable bonds is 3. The van der Waals surface area contributed by atoms with E-state index in [1.54, 1.807) is 49.0 Å². The predicted octanol–water partition coefficient (Wildman–Crippen LogP) is 4.57. The van der Waals surface area contributed by atoms with E-state index in [1.165, 1.54) is 22.0 Å². The first-order valence-electron chi connectivity index (χ1n) is 8.22. The number of fused-ring (bicyclic) bond motifs is 1. The molecule has 0 fully saturated rings. The van der Waals surface area contributed by atoms with Gasteiger partial charge in [-0.2, -0.15) is 13.2 Å². The van der Waals surface area contributed by atoms with Crippen molar-refractivity contribution in [1.82, 2.24) is 14.5 Å². The first-order chi connectivity index (χ1) is 13.4. The van der Waals surface area contributed by atoms with Gasteiger partial charge in [-0.1, -0.05) is 18.2 Å². The molecule has 28 heavy (non-hydrogen) atoms. The smallest absolute Gasteiger partial charge is 0.387 e. The fourth-order valence-electron chi connectivity index (χ4n) is 3.04. The zero-order valence-corrected chi connectivity index (χ0v) is 15.3. The van der Waals surface area contributed by atoms with Crippen LogP contribution in [0, 0.1) is 0 Å². The summed E-state index contributed by atoms with van der Waals surface area (Å²) in [6.45, 7) is 0. The standard InChI is InChI=1S/C19H13F3N4OS/c1-23-15-12-7-8-13(19(20,21)22)25-16(12)26(11-5-3-2-4-6-11)18(27)14(15)17-24-9-10-28-17/h2-10,23H,1H3. The molecule has 0 spiro atoms. The average molecular weight is 402 g/mol. The van der Waals surface area contributed by atoms with Crippen molar-refractivity contribution in [2.75, 3.05) is 12.4 Å². The summed E-state index contributed by atoms with van der Waals surface area (Å²) < 4.78 is 41.0. The van der Waals surface area contributed by atoms with Gasteiger partial charge in [-0.15, -0.1) is 11.3 Å². The maximum Gasteiger partial charge on any atom is 0.433 e. The van der Waals surface area contributed by atoms with Gasteiger partial charge in [0.2, 0.25) is 0 Å². The third-order valence-electron chi connectivity index (χ3n) is 4.22. The predicted molar refractivity (Wildman–Crippen MR) is 103 cm³/mol. The van der Waals surface area contributed by atoms with Gasteiger partial charge in [0.1, 0.15) is 21.9 Å². The quantitative estimate of drug-likeness (QED) is 0.545. The molecule has 4 rings (SSSR count). The lowest BCUT2D eigenvalue weighted by Gasteiger charge is -2.17. The Morgan fingerprint density at radius 1 is 1.11 bits per heavy atom. The monoisotopic (exact) mass is 402 g/mol. The SMILES string of the molecule is CNc1c(-c2nccs2)c(=O)n(-c2ccccc2)c2nc(C(F)(F)F)ccc12. The number of nitrogens with one attached hydrogen (secondary N) is 1. The Labute approximate surface area is 161 Å². The second kappa shape index (κ2) is 6.75. The van der Waals surface area contributed by atoms with Crippen molar-refractivity contribution in [2.24, 2.45) is 0 Å². The third-order valence-corrected chi connectivity index (χ3v) is 5.01. The van der Waals surface area contributed by atoms with E-state index in [0.29, 0.717) is 21.8 Å². The van der Waals surface area contributed by atoms with E-state index in [0.717, 1.165) is 6.07 Å². The van der Waals surface area contributed by atoms with E-state index < -0.39 is 17.4 Å². The Morgan fingerprint density at radius 3 is 2.46 bits per heavy atom. The van der Waals surface area contributed by atoms with Crippen LogP contribution in [0.5, 0.6) is 0 Å². The molecule has 0 aliphatic carbocycles. The van der Waals surface area contributed by atoms with Gasteiger partial charge >= 0.3 is 6.18 Å². The van der Waals surface area contributed by atoms with Crippen molar-refractivity contribution in [3.63, 3.8) is 0 Å². The van der Waals surface area contributed by atoms with Gasteiger partial charge in [0, 0.05) is 24.0 Å². The maximum absolute atomic E-state index is 13.4. The molecule has 3 aromatic heterocycles. The molecule has 1 aromatic carbocycles. The minimum atomic E-state index is -4.63. The highest BCUT2D eigenvalue weighted by Gasteiger charge is 2.33. The third kappa shape index (κ3) is 2.93. The topological polar surface area (TPSA) is 59.8 Å². The number of para-hydroxylation sites is 1. The van der Waals surface area contributed by atoms with Gasteiger partial charge in [0.15, 0.2) is 0 Å². The van der Waals surface area contributed by atoms with Crippen LogP contribution in [0.25, 0.3) is 27.3 Å². The number of halogens is 3. The van der Waals surface area contributed by atoms with Crippen LogP contribution in [0.15, 0.2) is 58.8 Å². The zero-order valence-electron chi connectivity index (χ0n) is 14.5. The van der Waals surface area contributed by atoms with Gasteiger partial charge in [-0.3, -0.25) is 9.36 Å². The number of hydrogen-bond donors (Lipinski definition) is 1. The molecule has 0 saturated carbocycles. The van der Waals surface area contributed by atoms with E-state index in [-0.39, 0.29) is 11.2 Å². The average Bonchev–Trinajstić information content (AvgIpc) is 3.20. The molecule has 0 unspecified atom stereocenters. The lowest BCUT2D eigenvalue weighted by Crippen LogP contribution is -2.24. The molecule has 0 amide bonds. The summed E-state index contributed by atoms with van der Waals surface area (Å²) in [5.74, 6) is 0. The first-order valence-corrected chi connectivity index (χ1v) is 9.10. The van der Waals surface area contributed by atoms with Crippen LogP contribution in [0.4, 0.5) is 18.9 Å². The molecule has 142 valence electrons. The van der Waals surface area contributed by atoms with Gasteiger partial charge in [-0.25, -0.2) is 9.97 Å². The van der Waals surface area contributed by atoms with Crippen molar-refractivity contribution in [3.8, 4) is 16.3 Å². The zero-order chi connectivity index (χ0) is 19.9. The second-order valence-corrected chi connectivity index (χ2v) is 6.77. The molecule has 0 aliphatic rings. The lowest BCUT2D eigenvalue weighted by atomic mass is 10.1. The molecular formula is C19H13F3N4OS. The largest absolute Gasteiger partial charge is 0.433 e. The number of thiazole rings is 1. The second-order valence-electron chi connectivity index (χ2n) is 5.88. The highest BCUT2D eigenvalue weighted by Crippen LogP contribution is 2.35. The van der Waals surface area contributed by atoms with Crippen LogP contribution in [0.3, 0.4) is 0 Å². The highest BCUT2D eigenvalue weighted by atomic mass is 32.1. The summed E-state index contributed by atoms with van der Waals surface area (Å²) >= 11 is 1.27. The number of nitrogens with zero attached hydrogens (tertiary/aromatic N) is 3. The van der Waals surface area contributed by atoms with Gasteiger partial charge < -0.3 is 5.32 Å². The number of hydrogen-bond acceptors (Lipinski definition) is 5. The Kier molecular flexibility index (Phi) is 4.38. The van der Waals surface area contributed by atoms with Crippen LogP contribution in [0.1, 0.15) is 5.69 Å². The van der Waals surface area contributed by atoms with Crippen LogP contribution >= 0.6 is 11.3 Å². The molecular weight excluding hydrogens is 389 g/mol. The van der Waals surface area contributed by atoms with Crippen LogP contribution < -0.4 is 10.9 Å². The maximum atomic E-state index is 13.4. The molecule has 4 aromatic rings. The Balaban J connectivity index is 2.20. The minimum absolute atomic E-state index is 0.0734. The summed E-state index contributed by atoms with van der Waals surface area (Å²) in [6, 6.07) is 10.7. The van der Waals surface area contributed by atoms with Crippen molar-refractivity contribution in [2.45, 2.75) is 6.18 Å². The lowest BCUT2D eigenvalue weighted by molar-refractivity contribution is -0.141. The summed E-state index contributed by atoms with van der Waals surface area (Å²) in [7, 11) is 1.61. The molecule has 3 heterocycles. The summed E-state index contributed by atoms with van der Waals surface area (Å²) in [5.41, 5.74) is -0.530. The van der Waals surface area contributed by atoms with Gasteiger partial charge in [-0.05, 0) is 24.3 Å². The summed E-state index contributed by atoms with van der Waals surface area (Å²) in [4.78, 5) is 21.4. The number of pyridine rings is 2. The Hall–Kier alpha value is -3.20. The van der Waals surface area contributed by atoms with Crippen LogP contribution in [-0.4, -0.2) is 21.6 Å². The molecule has 0 atom stereocenters. The minimum Gasteiger partial charge on any atom is -0.387 e. The number of alkyl halides is 3. The van der Waals surface area contributed by atoms with Crippen molar-refractivity contribution >= 4 is 28.1 Å². The molecule has 0 bridgehead atoms. The van der Waals surface area contributed by atoms with Crippen molar-refractivity contribution in [3.05, 3.63) is 70.1 Å². The van der Waals surface area contributed by atoms with Crippen molar-refractivity contribution in [1.29, 1.82) is 0 Å². The molecule has 9 heteroatoms. The van der Waals surface area contributed by atoms with Gasteiger partial charge in [0.05, 0.1) is 11.4 Å². The molecule has 0 saturated heterocycles. The number of aromatic nitrogens is 3. The van der Waals surface area contributed by atoms with E-state index in [9.17, 15) is 18.0 Å². The van der Waals surface area contributed by atoms with Gasteiger partial charge in [0.25, 0.3) is 5.56 Å². The van der Waals surface area contributed by atoms with E-state index >= 15 is 0 Å². The number of anilines is 1. The molecule has 0 radical (unpaired) electrons. The Bertz CT molecular complexity index is 1200. The molecule has 0 aliphatic heterocycles. The van der Waals surface area contributed by atoms with Crippen LogP contribution in [0.2, 0.25) is 0 Å². The van der Waals surface area contributed by atoms with E-state index in [2.05, 4.69) is 15.3 Å². The normalized spacial score (nSPS) is 11.7. The van der Waals surface area contributed by atoms with Crippen LogP contribution in [-0.2, 0) is 6.18 Å². The fraction of sp³-hybridized carbons (Fsp3) is 0.105. The van der Waals surface area contributed by atoms with Crippen molar-refractivity contribution < 1.29 is 13.2 Å². The fourth-order valence-corrected chi connectivity index (χ4v) is 3.72. The summed E-state index contributed by atoms with van der Waals surface area (Å²) in [5, 5.41) is 5.53. The Morgan fingerprint density at radius 2 is 1.86 bits per heavy atom. The molecule has 1 N–H and O–H groups in total. The van der Waals surface area contributed by atoms with E-state index in [4.69, 9.17) is 0 Å². The number of benzene rings is 1. The van der Waals surface area contributed by atoms with E-state index in [1.807, 2.05) is 0 Å². The molecule has 5 nitrogen and oxygen atoms in total. The first kappa shape index (κ1) is 18.2. The highest BCUT2D eigenvalue weighted by molar-refractivity contribution is 7.13.